The summed E-state index contributed by atoms with van der Waals surface area (Å²) in [6.45, 7) is 3.20. The smallest absolute Gasteiger partial charge is 0.324 e. The molecule has 2 atom stereocenters. The molecule has 2 heterocycles. The molecule has 0 spiro atoms. The first-order chi connectivity index (χ1) is 8.49. The van der Waals surface area contributed by atoms with Crippen LogP contribution < -0.4 is 0 Å². The van der Waals surface area contributed by atoms with Crippen LogP contribution in [0.5, 0.6) is 0 Å². The van der Waals surface area contributed by atoms with Crippen LogP contribution in [0.3, 0.4) is 0 Å². The number of nitro groups is 1. The highest BCUT2D eigenvalue weighted by Gasteiger charge is 2.35. The van der Waals surface area contributed by atoms with Gasteiger partial charge in [0, 0.05) is 24.0 Å². The largest absolute Gasteiger partial charge is 0.481 e. The summed E-state index contributed by atoms with van der Waals surface area (Å²) in [6.07, 6.45) is 0.642. The van der Waals surface area contributed by atoms with Gasteiger partial charge in [-0.3, -0.25) is 19.8 Å². The molecular formula is C11H14N2O4S. The Morgan fingerprint density at radius 2 is 2.44 bits per heavy atom. The van der Waals surface area contributed by atoms with E-state index in [1.165, 1.54) is 0 Å². The number of carboxylic acid groups (broad SMARTS) is 1. The van der Waals surface area contributed by atoms with Crippen LogP contribution in [0.15, 0.2) is 11.4 Å². The van der Waals surface area contributed by atoms with Crippen molar-refractivity contribution in [3.05, 3.63) is 27.1 Å². The van der Waals surface area contributed by atoms with Gasteiger partial charge in [0.15, 0.2) is 0 Å². The van der Waals surface area contributed by atoms with Crippen molar-refractivity contribution < 1.29 is 14.8 Å². The molecule has 1 aromatic rings. The quantitative estimate of drug-likeness (QED) is 0.667. The Labute approximate surface area is 108 Å². The van der Waals surface area contributed by atoms with Crippen molar-refractivity contribution >= 4 is 22.3 Å². The highest BCUT2D eigenvalue weighted by molar-refractivity contribution is 7.13. The minimum Gasteiger partial charge on any atom is -0.481 e. The maximum Gasteiger partial charge on any atom is 0.324 e. The average molecular weight is 270 g/mol. The number of hydrogen-bond acceptors (Lipinski definition) is 5. The summed E-state index contributed by atoms with van der Waals surface area (Å²) in [6, 6.07) is 1.53. The van der Waals surface area contributed by atoms with Crippen molar-refractivity contribution in [2.75, 3.05) is 6.54 Å². The standard InChI is InChI=1S/C11H14N2O4S/c1-7-9(11(14)15)2-3-12(7)5-8-4-10(13(16)17)18-6-8/h4,6-7,9H,2-3,5H2,1H3,(H,14,15). The lowest BCUT2D eigenvalue weighted by Crippen LogP contribution is -2.32. The Kier molecular flexibility index (Phi) is 3.63. The van der Waals surface area contributed by atoms with Crippen molar-refractivity contribution in [2.24, 2.45) is 5.92 Å². The van der Waals surface area contributed by atoms with Gasteiger partial charge in [-0.1, -0.05) is 11.3 Å². The Hall–Kier alpha value is -1.47. The summed E-state index contributed by atoms with van der Waals surface area (Å²) in [7, 11) is 0. The molecule has 1 aliphatic rings. The molecule has 1 aliphatic heterocycles. The molecule has 0 saturated carbocycles. The first-order valence-corrected chi connectivity index (χ1v) is 6.55. The number of likely N-dealkylation sites (tertiary alicyclic amines) is 1. The molecule has 6 nitrogen and oxygen atoms in total. The van der Waals surface area contributed by atoms with Crippen molar-refractivity contribution in [2.45, 2.75) is 25.9 Å². The van der Waals surface area contributed by atoms with E-state index < -0.39 is 10.9 Å². The summed E-state index contributed by atoms with van der Waals surface area (Å²) in [5.74, 6) is -1.10. The van der Waals surface area contributed by atoms with Gasteiger partial charge >= 0.3 is 11.0 Å². The zero-order chi connectivity index (χ0) is 13.3. The molecule has 0 radical (unpaired) electrons. The maximum absolute atomic E-state index is 11.0. The molecule has 2 rings (SSSR count). The van der Waals surface area contributed by atoms with E-state index in [2.05, 4.69) is 4.90 Å². The monoisotopic (exact) mass is 270 g/mol. The van der Waals surface area contributed by atoms with E-state index in [4.69, 9.17) is 5.11 Å². The van der Waals surface area contributed by atoms with E-state index in [0.717, 1.165) is 23.4 Å². The third-order valence-corrected chi connectivity index (χ3v) is 4.34. The number of thiophene rings is 1. The number of carboxylic acids is 1. The van der Waals surface area contributed by atoms with Crippen LogP contribution in [-0.2, 0) is 11.3 Å². The van der Waals surface area contributed by atoms with Crippen LogP contribution in [0.2, 0.25) is 0 Å². The SMILES string of the molecule is CC1C(C(=O)O)CCN1Cc1csc([N+](=O)[O-])c1. The first-order valence-electron chi connectivity index (χ1n) is 5.67. The third kappa shape index (κ3) is 2.51. The lowest BCUT2D eigenvalue weighted by atomic mass is 10.0. The van der Waals surface area contributed by atoms with Crippen LogP contribution in [0.25, 0.3) is 0 Å². The van der Waals surface area contributed by atoms with Crippen LogP contribution >= 0.6 is 11.3 Å². The van der Waals surface area contributed by atoms with Crippen molar-refractivity contribution in [1.82, 2.24) is 4.90 Å². The molecule has 1 N–H and O–H groups in total. The Morgan fingerprint density at radius 1 is 1.72 bits per heavy atom. The summed E-state index contributed by atoms with van der Waals surface area (Å²) >= 11 is 1.11. The van der Waals surface area contributed by atoms with Gasteiger partial charge in [0.05, 0.1) is 10.8 Å². The number of carbonyl (C=O) groups is 1. The summed E-state index contributed by atoms with van der Waals surface area (Å²) in [4.78, 5) is 23.2. The van der Waals surface area contributed by atoms with Crippen molar-refractivity contribution in [1.29, 1.82) is 0 Å². The molecule has 1 aromatic heterocycles. The Balaban J connectivity index is 2.01. The van der Waals surface area contributed by atoms with Gasteiger partial charge in [-0.2, -0.15) is 0 Å². The summed E-state index contributed by atoms with van der Waals surface area (Å²) in [5.41, 5.74) is 0.879. The van der Waals surface area contributed by atoms with Crippen LogP contribution in [-0.4, -0.2) is 33.5 Å². The number of aliphatic carboxylic acids is 1. The van der Waals surface area contributed by atoms with E-state index in [1.807, 2.05) is 6.92 Å². The predicted octanol–water partition coefficient (Wildman–Crippen LogP) is 1.95. The van der Waals surface area contributed by atoms with Gasteiger partial charge in [-0.05, 0) is 25.5 Å². The molecule has 1 saturated heterocycles. The minimum atomic E-state index is -0.763. The van der Waals surface area contributed by atoms with Crippen molar-refractivity contribution in [3.8, 4) is 0 Å². The average Bonchev–Trinajstić information content (AvgIpc) is 2.87. The van der Waals surface area contributed by atoms with Crippen LogP contribution in [0.4, 0.5) is 5.00 Å². The predicted molar refractivity (Wildman–Crippen MR) is 66.6 cm³/mol. The van der Waals surface area contributed by atoms with E-state index >= 15 is 0 Å². The van der Waals surface area contributed by atoms with Gasteiger partial charge in [0.25, 0.3) is 0 Å². The normalized spacial score (nSPS) is 24.3. The van der Waals surface area contributed by atoms with Gasteiger partial charge in [0.2, 0.25) is 0 Å². The van der Waals surface area contributed by atoms with Crippen LogP contribution in [0.1, 0.15) is 18.9 Å². The van der Waals surface area contributed by atoms with E-state index in [-0.39, 0.29) is 17.0 Å². The van der Waals surface area contributed by atoms with Gasteiger partial charge in [-0.15, -0.1) is 0 Å². The van der Waals surface area contributed by atoms with Crippen molar-refractivity contribution in [3.63, 3.8) is 0 Å². The number of nitrogens with zero attached hydrogens (tertiary/aromatic N) is 2. The highest BCUT2D eigenvalue weighted by atomic mass is 32.1. The highest BCUT2D eigenvalue weighted by Crippen LogP contribution is 2.29. The van der Waals surface area contributed by atoms with Gasteiger partial charge in [-0.25, -0.2) is 0 Å². The van der Waals surface area contributed by atoms with Gasteiger partial charge in [0.1, 0.15) is 0 Å². The third-order valence-electron chi connectivity index (χ3n) is 3.41. The van der Waals surface area contributed by atoms with E-state index in [9.17, 15) is 14.9 Å². The second-order valence-electron chi connectivity index (χ2n) is 4.49. The molecular weight excluding hydrogens is 256 g/mol. The molecule has 1 fully saturated rings. The summed E-state index contributed by atoms with van der Waals surface area (Å²) in [5, 5.41) is 21.5. The second-order valence-corrected chi connectivity index (χ2v) is 5.38. The second kappa shape index (κ2) is 5.03. The fourth-order valence-electron chi connectivity index (χ4n) is 2.33. The first kappa shape index (κ1) is 13.0. The lowest BCUT2D eigenvalue weighted by Gasteiger charge is -2.22. The van der Waals surface area contributed by atoms with E-state index in [1.54, 1.807) is 11.4 Å². The molecule has 0 aliphatic carbocycles. The maximum atomic E-state index is 11.0. The van der Waals surface area contributed by atoms with Crippen LogP contribution in [0, 0.1) is 16.0 Å². The molecule has 98 valence electrons. The lowest BCUT2D eigenvalue weighted by molar-refractivity contribution is -0.380. The zero-order valence-electron chi connectivity index (χ0n) is 9.91. The van der Waals surface area contributed by atoms with Gasteiger partial charge < -0.3 is 5.11 Å². The molecule has 0 bridgehead atoms. The minimum absolute atomic E-state index is 0.0264. The fourth-order valence-corrected chi connectivity index (χ4v) is 3.05. The van der Waals surface area contributed by atoms with E-state index in [0.29, 0.717) is 13.0 Å². The molecule has 7 heteroatoms. The number of rotatable bonds is 4. The molecule has 0 aromatic carbocycles. The topological polar surface area (TPSA) is 83.7 Å². The molecule has 0 amide bonds. The Bertz CT molecular complexity index is 473. The zero-order valence-corrected chi connectivity index (χ0v) is 10.7. The number of hydrogen-bond donors (Lipinski definition) is 1. The molecule has 2 unspecified atom stereocenters. The fraction of sp³-hybridized carbons (Fsp3) is 0.545. The summed E-state index contributed by atoms with van der Waals surface area (Å²) < 4.78 is 0. The Morgan fingerprint density at radius 3 is 2.94 bits per heavy atom. The molecule has 18 heavy (non-hydrogen) atoms.